The van der Waals surface area contributed by atoms with Crippen molar-refractivity contribution in [3.63, 3.8) is 0 Å². The Morgan fingerprint density at radius 2 is 1.58 bits per heavy atom. The third-order valence-electron chi connectivity index (χ3n) is 5.04. The Kier molecular flexibility index (Phi) is 11.2. The van der Waals surface area contributed by atoms with E-state index < -0.39 is 0 Å². The van der Waals surface area contributed by atoms with Crippen molar-refractivity contribution >= 4 is 24.0 Å². The van der Waals surface area contributed by atoms with Gasteiger partial charge in [-0.1, -0.05) is 48.0 Å². The number of rotatable bonds is 12. The molecule has 7 heteroatoms. The maximum atomic E-state index is 6.29. The van der Waals surface area contributed by atoms with Crippen LogP contribution in [0.3, 0.4) is 0 Å². The number of nitrogens with one attached hydrogen (secondary N) is 1. The molecule has 3 rings (SSSR count). The summed E-state index contributed by atoms with van der Waals surface area (Å²) in [6, 6.07) is 19.7. The molecule has 0 aromatic heterocycles. The molecule has 0 spiro atoms. The lowest BCUT2D eigenvalue weighted by Gasteiger charge is -2.17. The van der Waals surface area contributed by atoms with Crippen molar-refractivity contribution in [1.29, 1.82) is 0 Å². The van der Waals surface area contributed by atoms with E-state index >= 15 is 0 Å². The standard InChI is InChI=1S/C26H30ClNO4.ClH/c1-4-31-24-11-7-9-20(26(24)32-18-21-8-5-6-10-22(21)27)17-28-15-14-19-12-13-23(29-2)25(16-19)30-3;/h5-13,16,28H,4,14-15,17-18H2,1-3H3;1H. The molecule has 0 fully saturated rings. The molecule has 0 saturated carbocycles. The zero-order chi connectivity index (χ0) is 22.8. The van der Waals surface area contributed by atoms with Gasteiger partial charge in [-0.15, -0.1) is 12.4 Å². The van der Waals surface area contributed by atoms with Crippen molar-refractivity contribution in [1.82, 2.24) is 5.32 Å². The van der Waals surface area contributed by atoms with Crippen molar-refractivity contribution in [3.8, 4) is 23.0 Å². The van der Waals surface area contributed by atoms with E-state index in [4.69, 9.17) is 30.5 Å². The number of para-hydroxylation sites is 1. The molecule has 0 radical (unpaired) electrons. The van der Waals surface area contributed by atoms with Gasteiger partial charge in [0.25, 0.3) is 0 Å². The first-order chi connectivity index (χ1) is 15.7. The van der Waals surface area contributed by atoms with Crippen LogP contribution < -0.4 is 24.3 Å². The SMILES string of the molecule is CCOc1cccc(CNCCc2ccc(OC)c(OC)c2)c1OCc1ccccc1Cl.Cl. The molecule has 1 N–H and O–H groups in total. The molecule has 0 amide bonds. The van der Waals surface area contributed by atoms with E-state index in [0.29, 0.717) is 24.8 Å². The molecule has 0 unspecified atom stereocenters. The highest BCUT2D eigenvalue weighted by atomic mass is 35.5. The van der Waals surface area contributed by atoms with Gasteiger partial charge in [-0.3, -0.25) is 0 Å². The lowest BCUT2D eigenvalue weighted by Crippen LogP contribution is -2.17. The van der Waals surface area contributed by atoms with Gasteiger partial charge in [0.15, 0.2) is 23.0 Å². The molecular weight excluding hydrogens is 461 g/mol. The maximum absolute atomic E-state index is 6.29. The summed E-state index contributed by atoms with van der Waals surface area (Å²) >= 11 is 6.29. The van der Waals surface area contributed by atoms with Crippen molar-refractivity contribution in [2.75, 3.05) is 27.4 Å². The van der Waals surface area contributed by atoms with Crippen LogP contribution in [-0.4, -0.2) is 27.4 Å². The maximum Gasteiger partial charge on any atom is 0.166 e. The molecule has 178 valence electrons. The summed E-state index contributed by atoms with van der Waals surface area (Å²) < 4.78 is 22.7. The van der Waals surface area contributed by atoms with Gasteiger partial charge in [-0.25, -0.2) is 0 Å². The van der Waals surface area contributed by atoms with Gasteiger partial charge in [-0.05, 0) is 49.7 Å². The van der Waals surface area contributed by atoms with Crippen LogP contribution in [0.2, 0.25) is 5.02 Å². The molecule has 3 aromatic carbocycles. The Labute approximate surface area is 207 Å². The fraction of sp³-hybridized carbons (Fsp3) is 0.308. The fourth-order valence-corrected chi connectivity index (χ4v) is 3.58. The van der Waals surface area contributed by atoms with E-state index in [9.17, 15) is 0 Å². The number of benzene rings is 3. The second kappa shape index (κ2) is 13.8. The number of hydrogen-bond donors (Lipinski definition) is 1. The highest BCUT2D eigenvalue weighted by Crippen LogP contribution is 2.33. The first kappa shape index (κ1) is 26.7. The van der Waals surface area contributed by atoms with Crippen LogP contribution in [0.5, 0.6) is 23.0 Å². The van der Waals surface area contributed by atoms with E-state index in [2.05, 4.69) is 11.4 Å². The number of methoxy groups -OCH3 is 2. The Morgan fingerprint density at radius 1 is 0.818 bits per heavy atom. The molecule has 0 aliphatic rings. The molecular formula is C26H31Cl2NO4. The van der Waals surface area contributed by atoms with Crippen LogP contribution >= 0.6 is 24.0 Å². The van der Waals surface area contributed by atoms with Crippen LogP contribution in [0.15, 0.2) is 60.7 Å². The zero-order valence-electron chi connectivity index (χ0n) is 19.2. The average molecular weight is 492 g/mol. The van der Waals surface area contributed by atoms with E-state index in [1.165, 1.54) is 5.56 Å². The summed E-state index contributed by atoms with van der Waals surface area (Å²) in [5.41, 5.74) is 3.15. The van der Waals surface area contributed by atoms with Gasteiger partial charge in [0.1, 0.15) is 6.61 Å². The molecule has 0 aliphatic heterocycles. The van der Waals surface area contributed by atoms with E-state index in [-0.39, 0.29) is 12.4 Å². The van der Waals surface area contributed by atoms with E-state index in [1.54, 1.807) is 14.2 Å². The van der Waals surface area contributed by atoms with Gasteiger partial charge in [0.2, 0.25) is 0 Å². The molecule has 0 aliphatic carbocycles. The largest absolute Gasteiger partial charge is 0.493 e. The van der Waals surface area contributed by atoms with Crippen LogP contribution in [-0.2, 0) is 19.6 Å². The van der Waals surface area contributed by atoms with Crippen molar-refractivity contribution in [2.45, 2.75) is 26.5 Å². The lowest BCUT2D eigenvalue weighted by molar-refractivity contribution is 0.266. The summed E-state index contributed by atoms with van der Waals surface area (Å²) in [6.07, 6.45) is 0.862. The van der Waals surface area contributed by atoms with Crippen LogP contribution in [0, 0.1) is 0 Å². The van der Waals surface area contributed by atoms with Gasteiger partial charge < -0.3 is 24.3 Å². The second-order valence-electron chi connectivity index (χ2n) is 7.17. The summed E-state index contributed by atoms with van der Waals surface area (Å²) in [5, 5.41) is 4.19. The van der Waals surface area contributed by atoms with Gasteiger partial charge in [0.05, 0.1) is 20.8 Å². The van der Waals surface area contributed by atoms with E-state index in [0.717, 1.165) is 47.1 Å². The third-order valence-corrected chi connectivity index (χ3v) is 5.41. The molecule has 0 bridgehead atoms. The number of halogens is 2. The first-order valence-electron chi connectivity index (χ1n) is 10.7. The van der Waals surface area contributed by atoms with Crippen LogP contribution in [0.25, 0.3) is 0 Å². The topological polar surface area (TPSA) is 49.0 Å². The Morgan fingerprint density at radius 3 is 2.30 bits per heavy atom. The predicted octanol–water partition coefficient (Wildman–Crippen LogP) is 6.09. The molecule has 0 saturated heterocycles. The van der Waals surface area contributed by atoms with Crippen molar-refractivity contribution in [2.24, 2.45) is 0 Å². The first-order valence-corrected chi connectivity index (χ1v) is 11.1. The normalized spacial score (nSPS) is 10.3. The van der Waals surface area contributed by atoms with Gasteiger partial charge >= 0.3 is 0 Å². The van der Waals surface area contributed by atoms with Crippen LogP contribution in [0.1, 0.15) is 23.6 Å². The molecule has 33 heavy (non-hydrogen) atoms. The lowest BCUT2D eigenvalue weighted by atomic mass is 10.1. The monoisotopic (exact) mass is 491 g/mol. The highest BCUT2D eigenvalue weighted by Gasteiger charge is 2.12. The quantitative estimate of drug-likeness (QED) is 0.310. The van der Waals surface area contributed by atoms with Gasteiger partial charge in [-0.2, -0.15) is 0 Å². The number of ether oxygens (including phenoxy) is 4. The Hall–Kier alpha value is -2.60. The van der Waals surface area contributed by atoms with Gasteiger partial charge in [0, 0.05) is 22.7 Å². The Bertz CT molecular complexity index is 1010. The summed E-state index contributed by atoms with van der Waals surface area (Å²) in [4.78, 5) is 0. The number of hydrogen-bond acceptors (Lipinski definition) is 5. The minimum atomic E-state index is 0. The Balaban J connectivity index is 0.00000385. The molecule has 5 nitrogen and oxygen atoms in total. The summed E-state index contributed by atoms with van der Waals surface area (Å²) in [7, 11) is 3.29. The second-order valence-corrected chi connectivity index (χ2v) is 7.58. The van der Waals surface area contributed by atoms with Crippen molar-refractivity contribution in [3.05, 3.63) is 82.4 Å². The highest BCUT2D eigenvalue weighted by molar-refractivity contribution is 6.31. The van der Waals surface area contributed by atoms with E-state index in [1.807, 2.05) is 61.5 Å². The molecule has 0 heterocycles. The summed E-state index contributed by atoms with van der Waals surface area (Å²) in [5.74, 6) is 2.95. The zero-order valence-corrected chi connectivity index (χ0v) is 20.8. The predicted molar refractivity (Wildman–Crippen MR) is 136 cm³/mol. The smallest absolute Gasteiger partial charge is 0.166 e. The average Bonchev–Trinajstić information content (AvgIpc) is 2.82. The minimum Gasteiger partial charge on any atom is -0.493 e. The van der Waals surface area contributed by atoms with Crippen LogP contribution in [0.4, 0.5) is 0 Å². The molecule has 0 atom stereocenters. The summed E-state index contributed by atoms with van der Waals surface area (Å²) in [6.45, 7) is 4.37. The molecule has 3 aromatic rings. The minimum absolute atomic E-state index is 0. The fourth-order valence-electron chi connectivity index (χ4n) is 3.39. The van der Waals surface area contributed by atoms with Crippen molar-refractivity contribution < 1.29 is 18.9 Å². The third kappa shape index (κ3) is 7.46.